The Labute approximate surface area is 110 Å². The minimum atomic E-state index is -0.183. The molecule has 2 nitrogen and oxygen atoms in total. The van der Waals surface area contributed by atoms with Gasteiger partial charge in [0.1, 0.15) is 5.82 Å². The van der Waals surface area contributed by atoms with Crippen LogP contribution in [0.5, 0.6) is 0 Å². The summed E-state index contributed by atoms with van der Waals surface area (Å²) in [6.45, 7) is 2.21. The summed E-state index contributed by atoms with van der Waals surface area (Å²) in [6, 6.07) is 5.45. The average molecular weight is 301 g/mol. The summed E-state index contributed by atoms with van der Waals surface area (Å²) in [7, 11) is 2.14. The van der Waals surface area contributed by atoms with Gasteiger partial charge in [0.2, 0.25) is 0 Å². The van der Waals surface area contributed by atoms with Crippen LogP contribution in [0.25, 0.3) is 0 Å². The number of rotatable bonds is 2. The third-order valence-corrected chi connectivity index (χ3v) is 3.92. The molecule has 4 heteroatoms. The Balaban J connectivity index is 2.05. The highest BCUT2D eigenvalue weighted by Gasteiger charge is 2.16. The summed E-state index contributed by atoms with van der Waals surface area (Å²) < 4.78 is 14.5. The molecule has 1 heterocycles. The topological polar surface area (TPSA) is 15.3 Å². The standard InChI is InChI=1S/C13H18BrFN2/c1-17-8-3-4-10(7-9-17)16-13-11(14)5-2-6-12(13)15/h2,5-6,10,16H,3-4,7-9H2,1H3. The van der Waals surface area contributed by atoms with Gasteiger partial charge in [-0.05, 0) is 67.5 Å². The first kappa shape index (κ1) is 12.8. The molecule has 1 fully saturated rings. The van der Waals surface area contributed by atoms with Crippen molar-refractivity contribution in [2.75, 3.05) is 25.5 Å². The molecule has 1 aliphatic heterocycles. The molecular formula is C13H18BrFN2. The monoisotopic (exact) mass is 300 g/mol. The van der Waals surface area contributed by atoms with Gasteiger partial charge >= 0.3 is 0 Å². The van der Waals surface area contributed by atoms with Crippen molar-refractivity contribution in [3.05, 3.63) is 28.5 Å². The summed E-state index contributed by atoms with van der Waals surface area (Å²) in [5.41, 5.74) is 0.599. The number of benzene rings is 1. The van der Waals surface area contributed by atoms with Gasteiger partial charge < -0.3 is 10.2 Å². The summed E-state index contributed by atoms with van der Waals surface area (Å²) >= 11 is 3.39. The van der Waals surface area contributed by atoms with E-state index in [2.05, 4.69) is 33.2 Å². The van der Waals surface area contributed by atoms with Gasteiger partial charge in [0, 0.05) is 10.5 Å². The van der Waals surface area contributed by atoms with Gasteiger partial charge in [-0.2, -0.15) is 0 Å². The van der Waals surface area contributed by atoms with Gasteiger partial charge in [0.05, 0.1) is 5.69 Å². The summed E-state index contributed by atoms with van der Waals surface area (Å²) in [4.78, 5) is 2.33. The van der Waals surface area contributed by atoms with Crippen LogP contribution in [0, 0.1) is 5.82 Å². The summed E-state index contributed by atoms with van der Waals surface area (Å²) in [6.07, 6.45) is 3.34. The molecule has 1 N–H and O–H groups in total. The lowest BCUT2D eigenvalue weighted by atomic mass is 10.1. The van der Waals surface area contributed by atoms with Crippen molar-refractivity contribution < 1.29 is 4.39 Å². The van der Waals surface area contributed by atoms with E-state index in [1.54, 1.807) is 6.07 Å². The van der Waals surface area contributed by atoms with E-state index in [-0.39, 0.29) is 5.82 Å². The SMILES string of the molecule is CN1CCCC(Nc2c(F)cccc2Br)CC1. The van der Waals surface area contributed by atoms with Crippen LogP contribution < -0.4 is 5.32 Å². The highest BCUT2D eigenvalue weighted by molar-refractivity contribution is 9.10. The quantitative estimate of drug-likeness (QED) is 0.899. The predicted octanol–water partition coefficient (Wildman–Crippen LogP) is 3.48. The first-order valence-electron chi connectivity index (χ1n) is 6.06. The molecule has 1 saturated heterocycles. The van der Waals surface area contributed by atoms with E-state index in [9.17, 15) is 4.39 Å². The van der Waals surface area contributed by atoms with Gasteiger partial charge in [-0.25, -0.2) is 4.39 Å². The van der Waals surface area contributed by atoms with Crippen LogP contribution in [0.1, 0.15) is 19.3 Å². The van der Waals surface area contributed by atoms with Crippen molar-refractivity contribution in [2.24, 2.45) is 0 Å². The maximum absolute atomic E-state index is 13.7. The van der Waals surface area contributed by atoms with Crippen LogP contribution in [-0.4, -0.2) is 31.1 Å². The molecule has 2 rings (SSSR count). The molecule has 0 amide bonds. The molecular weight excluding hydrogens is 283 g/mol. The van der Waals surface area contributed by atoms with Crippen molar-refractivity contribution >= 4 is 21.6 Å². The van der Waals surface area contributed by atoms with E-state index in [4.69, 9.17) is 0 Å². The van der Waals surface area contributed by atoms with Crippen LogP contribution >= 0.6 is 15.9 Å². The summed E-state index contributed by atoms with van der Waals surface area (Å²) in [5.74, 6) is -0.183. The van der Waals surface area contributed by atoms with Crippen molar-refractivity contribution in [2.45, 2.75) is 25.3 Å². The fraction of sp³-hybridized carbons (Fsp3) is 0.538. The molecule has 1 unspecified atom stereocenters. The van der Waals surface area contributed by atoms with E-state index >= 15 is 0 Å². The first-order chi connectivity index (χ1) is 8.16. The number of nitrogens with one attached hydrogen (secondary N) is 1. The molecule has 1 aromatic rings. The van der Waals surface area contributed by atoms with Gasteiger partial charge in [-0.1, -0.05) is 6.07 Å². The molecule has 0 radical (unpaired) electrons. The normalized spacial score (nSPS) is 22.2. The van der Waals surface area contributed by atoms with Crippen molar-refractivity contribution in [3.8, 4) is 0 Å². The number of anilines is 1. The van der Waals surface area contributed by atoms with E-state index in [1.165, 1.54) is 12.5 Å². The average Bonchev–Trinajstić information content (AvgIpc) is 2.49. The molecule has 1 aliphatic rings. The van der Waals surface area contributed by atoms with Crippen LogP contribution in [0.15, 0.2) is 22.7 Å². The number of para-hydroxylation sites is 1. The van der Waals surface area contributed by atoms with E-state index < -0.39 is 0 Å². The maximum atomic E-state index is 13.7. The van der Waals surface area contributed by atoms with Crippen molar-refractivity contribution in [1.82, 2.24) is 4.90 Å². The van der Waals surface area contributed by atoms with Gasteiger partial charge in [-0.3, -0.25) is 0 Å². The lowest BCUT2D eigenvalue weighted by Crippen LogP contribution is -2.23. The molecule has 1 aromatic carbocycles. The molecule has 0 aromatic heterocycles. The van der Waals surface area contributed by atoms with Crippen molar-refractivity contribution in [1.29, 1.82) is 0 Å². The Morgan fingerprint density at radius 3 is 2.94 bits per heavy atom. The fourth-order valence-electron chi connectivity index (χ4n) is 2.22. The highest BCUT2D eigenvalue weighted by Crippen LogP contribution is 2.27. The Hall–Kier alpha value is -0.610. The third kappa shape index (κ3) is 3.42. The van der Waals surface area contributed by atoms with Crippen LogP contribution in [-0.2, 0) is 0 Å². The van der Waals surface area contributed by atoms with E-state index in [0.717, 1.165) is 30.4 Å². The van der Waals surface area contributed by atoms with Gasteiger partial charge in [-0.15, -0.1) is 0 Å². The van der Waals surface area contributed by atoms with E-state index in [1.807, 2.05) is 6.07 Å². The highest BCUT2D eigenvalue weighted by atomic mass is 79.9. The van der Waals surface area contributed by atoms with Crippen LogP contribution in [0.4, 0.5) is 10.1 Å². The largest absolute Gasteiger partial charge is 0.379 e. The lowest BCUT2D eigenvalue weighted by Gasteiger charge is -2.19. The molecule has 94 valence electrons. The number of halogens is 2. The van der Waals surface area contributed by atoms with E-state index in [0.29, 0.717) is 11.7 Å². The predicted molar refractivity (Wildman–Crippen MR) is 72.9 cm³/mol. The van der Waals surface area contributed by atoms with Gasteiger partial charge in [0.25, 0.3) is 0 Å². The Kier molecular flexibility index (Phi) is 4.40. The second-order valence-electron chi connectivity index (χ2n) is 4.67. The molecule has 0 bridgehead atoms. The Morgan fingerprint density at radius 2 is 2.18 bits per heavy atom. The van der Waals surface area contributed by atoms with Crippen molar-refractivity contribution in [3.63, 3.8) is 0 Å². The zero-order chi connectivity index (χ0) is 12.3. The molecule has 0 saturated carbocycles. The molecule has 17 heavy (non-hydrogen) atoms. The second-order valence-corrected chi connectivity index (χ2v) is 5.53. The van der Waals surface area contributed by atoms with Crippen LogP contribution in [0.3, 0.4) is 0 Å². The third-order valence-electron chi connectivity index (χ3n) is 3.26. The lowest BCUT2D eigenvalue weighted by molar-refractivity contribution is 0.348. The Morgan fingerprint density at radius 1 is 1.35 bits per heavy atom. The maximum Gasteiger partial charge on any atom is 0.147 e. The molecule has 1 atom stereocenters. The fourth-order valence-corrected chi connectivity index (χ4v) is 2.68. The summed E-state index contributed by atoms with van der Waals surface area (Å²) in [5, 5.41) is 3.33. The smallest absolute Gasteiger partial charge is 0.147 e. The minimum Gasteiger partial charge on any atom is -0.379 e. The zero-order valence-electron chi connectivity index (χ0n) is 10.0. The number of likely N-dealkylation sites (tertiary alicyclic amines) is 1. The van der Waals surface area contributed by atoms with Crippen LogP contribution in [0.2, 0.25) is 0 Å². The number of hydrogen-bond donors (Lipinski definition) is 1. The molecule has 0 aliphatic carbocycles. The minimum absolute atomic E-state index is 0.183. The van der Waals surface area contributed by atoms with Gasteiger partial charge in [0.15, 0.2) is 0 Å². The number of hydrogen-bond acceptors (Lipinski definition) is 2. The first-order valence-corrected chi connectivity index (χ1v) is 6.85. The second kappa shape index (κ2) is 5.83. The zero-order valence-corrected chi connectivity index (χ0v) is 11.6. The Bertz CT molecular complexity index is 363. The number of nitrogens with zero attached hydrogens (tertiary/aromatic N) is 1. The molecule has 0 spiro atoms.